The van der Waals surface area contributed by atoms with Crippen molar-refractivity contribution >= 4 is 23.5 Å². The highest BCUT2D eigenvalue weighted by Gasteiger charge is 2.33. The van der Waals surface area contributed by atoms with Gasteiger partial charge in [-0.15, -0.1) is 0 Å². The van der Waals surface area contributed by atoms with Crippen LogP contribution in [-0.4, -0.2) is 61.1 Å². The summed E-state index contributed by atoms with van der Waals surface area (Å²) in [6.45, 7) is 6.05. The van der Waals surface area contributed by atoms with Crippen LogP contribution in [0.25, 0.3) is 0 Å². The fourth-order valence-electron chi connectivity index (χ4n) is 3.60. The maximum atomic E-state index is 12.9. The van der Waals surface area contributed by atoms with Crippen molar-refractivity contribution < 1.29 is 19.1 Å². The summed E-state index contributed by atoms with van der Waals surface area (Å²) in [6, 6.07) is 13.9. The van der Waals surface area contributed by atoms with Gasteiger partial charge in [-0.1, -0.05) is 29.8 Å². The van der Waals surface area contributed by atoms with Crippen LogP contribution in [0, 0.1) is 0 Å². The standard InChI is InChI=1S/C23H27ClN2O4/c1-16(2)30-18-10-8-17(9-11-18)22(27)26-14-12-25(13-15-26)21(23(28)29-3)19-6-4-5-7-20(19)24/h4-11,16,21H,12-15H2,1-3H3. The molecule has 0 saturated carbocycles. The molecular weight excluding hydrogens is 404 g/mol. The molecule has 0 spiro atoms. The van der Waals surface area contributed by atoms with E-state index in [4.69, 9.17) is 21.1 Å². The van der Waals surface area contributed by atoms with Gasteiger partial charge in [-0.05, 0) is 49.7 Å². The molecule has 3 rings (SSSR count). The Bertz CT molecular complexity index is 877. The summed E-state index contributed by atoms with van der Waals surface area (Å²) >= 11 is 6.33. The lowest BCUT2D eigenvalue weighted by Crippen LogP contribution is -2.51. The van der Waals surface area contributed by atoms with E-state index in [1.54, 1.807) is 23.1 Å². The van der Waals surface area contributed by atoms with Crippen molar-refractivity contribution in [2.24, 2.45) is 0 Å². The van der Waals surface area contributed by atoms with Crippen LogP contribution in [0.5, 0.6) is 5.75 Å². The second-order valence-corrected chi connectivity index (χ2v) is 7.87. The molecule has 0 aliphatic carbocycles. The third-order valence-corrected chi connectivity index (χ3v) is 5.41. The molecular formula is C23H27ClN2O4. The van der Waals surface area contributed by atoms with Gasteiger partial charge < -0.3 is 14.4 Å². The summed E-state index contributed by atoms with van der Waals surface area (Å²) in [4.78, 5) is 29.2. The first-order valence-corrected chi connectivity index (χ1v) is 10.4. The van der Waals surface area contributed by atoms with E-state index in [0.29, 0.717) is 42.3 Å². The van der Waals surface area contributed by atoms with E-state index < -0.39 is 6.04 Å². The molecule has 1 atom stereocenters. The Morgan fingerprint density at radius 2 is 1.60 bits per heavy atom. The van der Waals surface area contributed by atoms with Crippen LogP contribution in [0.1, 0.15) is 35.8 Å². The Balaban J connectivity index is 1.67. The number of amides is 1. The lowest BCUT2D eigenvalue weighted by molar-refractivity contribution is -0.148. The van der Waals surface area contributed by atoms with E-state index in [2.05, 4.69) is 0 Å². The highest BCUT2D eigenvalue weighted by atomic mass is 35.5. The van der Waals surface area contributed by atoms with E-state index in [1.807, 2.05) is 49.1 Å². The van der Waals surface area contributed by atoms with E-state index in [0.717, 1.165) is 5.75 Å². The summed E-state index contributed by atoms with van der Waals surface area (Å²) in [5.41, 5.74) is 1.33. The van der Waals surface area contributed by atoms with Crippen LogP contribution in [0.4, 0.5) is 0 Å². The Morgan fingerprint density at radius 3 is 2.17 bits per heavy atom. The first-order valence-electron chi connectivity index (χ1n) is 10.0. The zero-order chi connectivity index (χ0) is 21.7. The number of carbonyl (C=O) groups is 2. The molecule has 1 amide bonds. The van der Waals surface area contributed by atoms with Crippen LogP contribution in [0.2, 0.25) is 5.02 Å². The molecule has 6 nitrogen and oxygen atoms in total. The van der Waals surface area contributed by atoms with Crippen LogP contribution in [0.3, 0.4) is 0 Å². The number of halogens is 1. The quantitative estimate of drug-likeness (QED) is 0.652. The van der Waals surface area contributed by atoms with Gasteiger partial charge in [0.1, 0.15) is 11.8 Å². The topological polar surface area (TPSA) is 59.1 Å². The summed E-state index contributed by atoms with van der Waals surface area (Å²) in [6.07, 6.45) is 0.0838. The summed E-state index contributed by atoms with van der Waals surface area (Å²) in [7, 11) is 1.37. The minimum absolute atomic E-state index is 0.0295. The highest BCUT2D eigenvalue weighted by Crippen LogP contribution is 2.29. The van der Waals surface area contributed by atoms with E-state index in [-0.39, 0.29) is 18.0 Å². The number of carbonyl (C=O) groups excluding carboxylic acids is 2. The lowest BCUT2D eigenvalue weighted by Gasteiger charge is -2.38. The number of benzene rings is 2. The van der Waals surface area contributed by atoms with Gasteiger partial charge >= 0.3 is 5.97 Å². The van der Waals surface area contributed by atoms with Crippen LogP contribution < -0.4 is 4.74 Å². The van der Waals surface area contributed by atoms with Gasteiger partial charge in [-0.3, -0.25) is 9.69 Å². The van der Waals surface area contributed by atoms with E-state index in [1.165, 1.54) is 7.11 Å². The van der Waals surface area contributed by atoms with Crippen molar-refractivity contribution in [3.05, 3.63) is 64.7 Å². The normalized spacial score (nSPS) is 15.7. The molecule has 1 heterocycles. The predicted octanol–water partition coefficient (Wildman–Crippen LogP) is 3.80. The lowest BCUT2D eigenvalue weighted by atomic mass is 10.0. The van der Waals surface area contributed by atoms with Gasteiger partial charge in [0, 0.05) is 36.8 Å². The Morgan fingerprint density at radius 1 is 0.967 bits per heavy atom. The van der Waals surface area contributed by atoms with Crippen LogP contribution in [-0.2, 0) is 9.53 Å². The Kier molecular flexibility index (Phi) is 7.34. The summed E-state index contributed by atoms with van der Waals surface area (Å²) < 4.78 is 10.7. The second kappa shape index (κ2) is 9.96. The smallest absolute Gasteiger partial charge is 0.327 e. The van der Waals surface area contributed by atoms with Crippen molar-refractivity contribution in [2.45, 2.75) is 26.0 Å². The molecule has 1 aliphatic heterocycles. The number of ether oxygens (including phenoxy) is 2. The fraction of sp³-hybridized carbons (Fsp3) is 0.391. The van der Waals surface area contributed by atoms with Gasteiger partial charge in [0.2, 0.25) is 0 Å². The van der Waals surface area contributed by atoms with Crippen LogP contribution >= 0.6 is 11.6 Å². The molecule has 2 aromatic carbocycles. The molecule has 0 N–H and O–H groups in total. The number of methoxy groups -OCH3 is 1. The van der Waals surface area contributed by atoms with Gasteiger partial charge in [0.25, 0.3) is 5.91 Å². The highest BCUT2D eigenvalue weighted by molar-refractivity contribution is 6.31. The van der Waals surface area contributed by atoms with Crippen molar-refractivity contribution in [3.63, 3.8) is 0 Å². The van der Waals surface area contributed by atoms with Gasteiger partial charge in [0.05, 0.1) is 13.2 Å². The molecule has 160 valence electrons. The van der Waals surface area contributed by atoms with Crippen LogP contribution in [0.15, 0.2) is 48.5 Å². The molecule has 2 aromatic rings. The third kappa shape index (κ3) is 5.12. The molecule has 0 bridgehead atoms. The monoisotopic (exact) mass is 430 g/mol. The summed E-state index contributed by atoms with van der Waals surface area (Å²) in [5.74, 6) is 0.355. The number of piperazine rings is 1. The third-order valence-electron chi connectivity index (χ3n) is 5.06. The predicted molar refractivity (Wildman–Crippen MR) is 116 cm³/mol. The Hall–Kier alpha value is -2.57. The van der Waals surface area contributed by atoms with Gasteiger partial charge in [0.15, 0.2) is 0 Å². The number of esters is 1. The van der Waals surface area contributed by atoms with Crippen molar-refractivity contribution in [1.29, 1.82) is 0 Å². The van der Waals surface area contributed by atoms with Crippen molar-refractivity contribution in [1.82, 2.24) is 9.80 Å². The number of hydrogen-bond donors (Lipinski definition) is 0. The zero-order valence-corrected chi connectivity index (χ0v) is 18.3. The molecule has 1 fully saturated rings. The van der Waals surface area contributed by atoms with E-state index >= 15 is 0 Å². The molecule has 30 heavy (non-hydrogen) atoms. The maximum absolute atomic E-state index is 12.9. The SMILES string of the molecule is COC(=O)C(c1ccccc1Cl)N1CCN(C(=O)c2ccc(OC(C)C)cc2)CC1. The molecule has 1 saturated heterocycles. The molecule has 1 unspecified atom stereocenters. The first kappa shape index (κ1) is 22.1. The van der Waals surface area contributed by atoms with Gasteiger partial charge in [-0.25, -0.2) is 4.79 Å². The van der Waals surface area contributed by atoms with E-state index in [9.17, 15) is 9.59 Å². The molecule has 7 heteroatoms. The number of nitrogens with zero attached hydrogens (tertiary/aromatic N) is 2. The van der Waals surface area contributed by atoms with Gasteiger partial charge in [-0.2, -0.15) is 0 Å². The zero-order valence-electron chi connectivity index (χ0n) is 17.5. The number of hydrogen-bond acceptors (Lipinski definition) is 5. The first-order chi connectivity index (χ1) is 14.4. The minimum atomic E-state index is -0.589. The second-order valence-electron chi connectivity index (χ2n) is 7.47. The molecule has 1 aliphatic rings. The average molecular weight is 431 g/mol. The Labute approximate surface area is 182 Å². The van der Waals surface area contributed by atoms with Crippen molar-refractivity contribution in [3.8, 4) is 5.75 Å². The average Bonchev–Trinajstić information content (AvgIpc) is 2.75. The fourth-order valence-corrected chi connectivity index (χ4v) is 3.83. The minimum Gasteiger partial charge on any atom is -0.491 e. The molecule has 0 radical (unpaired) electrons. The summed E-state index contributed by atoms with van der Waals surface area (Å²) in [5, 5.41) is 0.523. The molecule has 0 aromatic heterocycles. The number of rotatable bonds is 6. The maximum Gasteiger partial charge on any atom is 0.327 e. The largest absolute Gasteiger partial charge is 0.491 e. The van der Waals surface area contributed by atoms with Crippen molar-refractivity contribution in [2.75, 3.05) is 33.3 Å².